The molecule has 1 aromatic rings. The van der Waals surface area contributed by atoms with Crippen LogP contribution in [0.4, 0.5) is 0 Å². The van der Waals surface area contributed by atoms with E-state index in [0.717, 1.165) is 30.7 Å². The van der Waals surface area contributed by atoms with E-state index in [0.29, 0.717) is 19.0 Å². The van der Waals surface area contributed by atoms with E-state index in [1.807, 2.05) is 42.2 Å². The highest BCUT2D eigenvalue weighted by atomic mass is 16.2. The number of nitrogens with zero attached hydrogens (tertiary/aromatic N) is 3. The molecular weight excluding hydrogens is 314 g/mol. The Labute approximate surface area is 150 Å². The molecule has 1 aromatic carbocycles. The molecule has 0 unspecified atom stereocenters. The average Bonchev–Trinajstić information content (AvgIpc) is 3.14. The van der Waals surface area contributed by atoms with Crippen LogP contribution in [0.1, 0.15) is 52.0 Å². The number of carbonyl (C=O) groups is 2. The average molecular weight is 343 g/mol. The molecule has 0 bridgehead atoms. The van der Waals surface area contributed by atoms with Gasteiger partial charge in [-0.25, -0.2) is 5.01 Å². The van der Waals surface area contributed by atoms with Gasteiger partial charge in [-0.3, -0.25) is 9.59 Å². The zero-order valence-electron chi connectivity index (χ0n) is 15.6. The summed E-state index contributed by atoms with van der Waals surface area (Å²) in [4.78, 5) is 26.6. The minimum absolute atomic E-state index is 0.0580. The van der Waals surface area contributed by atoms with Gasteiger partial charge in [0.15, 0.2) is 0 Å². The third-order valence-corrected chi connectivity index (χ3v) is 4.71. The highest BCUT2D eigenvalue weighted by molar-refractivity contribution is 6.02. The molecule has 0 aromatic heterocycles. The Balaban J connectivity index is 1.86. The van der Waals surface area contributed by atoms with Gasteiger partial charge in [0.2, 0.25) is 11.8 Å². The summed E-state index contributed by atoms with van der Waals surface area (Å²) in [6, 6.07) is 9.91. The van der Waals surface area contributed by atoms with E-state index in [-0.39, 0.29) is 24.7 Å². The van der Waals surface area contributed by atoms with Crippen molar-refractivity contribution in [1.29, 1.82) is 0 Å². The monoisotopic (exact) mass is 343 g/mol. The van der Waals surface area contributed by atoms with Crippen molar-refractivity contribution in [3.8, 4) is 0 Å². The van der Waals surface area contributed by atoms with Crippen LogP contribution < -0.4 is 0 Å². The summed E-state index contributed by atoms with van der Waals surface area (Å²) in [6.07, 6.45) is 2.30. The van der Waals surface area contributed by atoms with Crippen molar-refractivity contribution in [2.24, 2.45) is 11.0 Å². The van der Waals surface area contributed by atoms with Gasteiger partial charge in [0.1, 0.15) is 0 Å². The third-order valence-electron chi connectivity index (χ3n) is 4.71. The number of amides is 2. The SMILES string of the molecule is CC[C@@H](C)CN(CC)C(=O)CCC(=O)N1CCC(c2ccccc2)=N1. The predicted octanol–water partition coefficient (Wildman–Crippen LogP) is 3.30. The van der Waals surface area contributed by atoms with E-state index in [1.54, 1.807) is 0 Å². The molecule has 0 saturated heterocycles. The van der Waals surface area contributed by atoms with Gasteiger partial charge in [-0.05, 0) is 18.4 Å². The Morgan fingerprint density at radius 3 is 2.56 bits per heavy atom. The van der Waals surface area contributed by atoms with Crippen LogP contribution in [0.25, 0.3) is 0 Å². The Morgan fingerprint density at radius 2 is 1.92 bits per heavy atom. The first-order valence-electron chi connectivity index (χ1n) is 9.26. The van der Waals surface area contributed by atoms with Gasteiger partial charge in [-0.15, -0.1) is 0 Å². The first-order valence-corrected chi connectivity index (χ1v) is 9.26. The summed E-state index contributed by atoms with van der Waals surface area (Å²) in [7, 11) is 0. The molecule has 136 valence electrons. The normalized spacial score (nSPS) is 15.0. The van der Waals surface area contributed by atoms with E-state index in [4.69, 9.17) is 0 Å². The van der Waals surface area contributed by atoms with Gasteiger partial charge in [0, 0.05) is 32.4 Å². The van der Waals surface area contributed by atoms with Crippen LogP contribution in [0, 0.1) is 5.92 Å². The highest BCUT2D eigenvalue weighted by Gasteiger charge is 2.23. The molecule has 1 heterocycles. The van der Waals surface area contributed by atoms with Gasteiger partial charge < -0.3 is 4.90 Å². The standard InChI is InChI=1S/C20H29N3O2/c1-4-16(3)15-22(5-2)19(24)11-12-20(25)23-14-13-18(21-23)17-9-7-6-8-10-17/h6-10,16H,4-5,11-15H2,1-3H3/t16-/m1/s1. The van der Waals surface area contributed by atoms with Crippen LogP contribution in [0.15, 0.2) is 35.4 Å². The third kappa shape index (κ3) is 5.41. The van der Waals surface area contributed by atoms with E-state index >= 15 is 0 Å². The van der Waals surface area contributed by atoms with Crippen LogP contribution in [0.2, 0.25) is 0 Å². The number of benzene rings is 1. The maximum Gasteiger partial charge on any atom is 0.243 e. The molecule has 25 heavy (non-hydrogen) atoms. The van der Waals surface area contributed by atoms with Crippen molar-refractivity contribution in [3.63, 3.8) is 0 Å². The lowest BCUT2D eigenvalue weighted by Gasteiger charge is -2.24. The van der Waals surface area contributed by atoms with Crippen molar-refractivity contribution < 1.29 is 9.59 Å². The molecule has 2 amide bonds. The summed E-state index contributed by atoms with van der Waals surface area (Å²) in [6.45, 7) is 8.31. The molecule has 5 nitrogen and oxygen atoms in total. The zero-order valence-corrected chi connectivity index (χ0v) is 15.6. The number of hydrogen-bond acceptors (Lipinski definition) is 3. The van der Waals surface area contributed by atoms with Crippen LogP contribution in [-0.4, -0.2) is 47.1 Å². The minimum Gasteiger partial charge on any atom is -0.343 e. The van der Waals surface area contributed by atoms with Crippen LogP contribution >= 0.6 is 0 Å². The Morgan fingerprint density at radius 1 is 1.20 bits per heavy atom. The second-order valence-corrected chi connectivity index (χ2v) is 6.63. The lowest BCUT2D eigenvalue weighted by atomic mass is 10.1. The minimum atomic E-state index is -0.0705. The fraction of sp³-hybridized carbons (Fsp3) is 0.550. The largest absolute Gasteiger partial charge is 0.343 e. The summed E-state index contributed by atoms with van der Waals surface area (Å²) < 4.78 is 0. The number of rotatable bonds is 8. The van der Waals surface area contributed by atoms with Crippen molar-refractivity contribution in [2.75, 3.05) is 19.6 Å². The Kier molecular flexibility index (Phi) is 7.16. The predicted molar refractivity (Wildman–Crippen MR) is 100 cm³/mol. The Hall–Kier alpha value is -2.17. The first-order chi connectivity index (χ1) is 12.0. The first kappa shape index (κ1) is 19.2. The fourth-order valence-electron chi connectivity index (χ4n) is 2.88. The van der Waals surface area contributed by atoms with E-state index in [1.165, 1.54) is 5.01 Å². The second kappa shape index (κ2) is 9.35. The van der Waals surface area contributed by atoms with Gasteiger partial charge >= 0.3 is 0 Å². The van der Waals surface area contributed by atoms with Gasteiger partial charge in [-0.1, -0.05) is 50.6 Å². The quantitative estimate of drug-likeness (QED) is 0.727. The summed E-state index contributed by atoms with van der Waals surface area (Å²) in [5.74, 6) is 0.470. The summed E-state index contributed by atoms with van der Waals surface area (Å²) in [5.41, 5.74) is 1.99. The van der Waals surface area contributed by atoms with E-state index in [2.05, 4.69) is 18.9 Å². The van der Waals surface area contributed by atoms with Crippen molar-refractivity contribution in [3.05, 3.63) is 35.9 Å². The van der Waals surface area contributed by atoms with Crippen LogP contribution in [0.5, 0.6) is 0 Å². The molecule has 1 atom stereocenters. The molecule has 1 aliphatic heterocycles. The van der Waals surface area contributed by atoms with Crippen molar-refractivity contribution in [1.82, 2.24) is 9.91 Å². The lowest BCUT2D eigenvalue weighted by Crippen LogP contribution is -2.35. The smallest absolute Gasteiger partial charge is 0.243 e. The molecule has 0 radical (unpaired) electrons. The van der Waals surface area contributed by atoms with Crippen molar-refractivity contribution >= 4 is 17.5 Å². The van der Waals surface area contributed by atoms with E-state index in [9.17, 15) is 9.59 Å². The maximum absolute atomic E-state index is 12.4. The van der Waals surface area contributed by atoms with Crippen molar-refractivity contribution in [2.45, 2.75) is 46.5 Å². The maximum atomic E-state index is 12.4. The second-order valence-electron chi connectivity index (χ2n) is 6.63. The molecule has 0 spiro atoms. The molecule has 0 saturated carbocycles. The van der Waals surface area contributed by atoms with Crippen LogP contribution in [0.3, 0.4) is 0 Å². The number of carbonyl (C=O) groups excluding carboxylic acids is 2. The molecular formula is C20H29N3O2. The summed E-state index contributed by atoms with van der Waals surface area (Å²) in [5, 5.41) is 5.95. The fourth-order valence-corrected chi connectivity index (χ4v) is 2.88. The van der Waals surface area contributed by atoms with Gasteiger partial charge in [0.05, 0.1) is 12.3 Å². The molecule has 1 aliphatic rings. The van der Waals surface area contributed by atoms with Crippen LogP contribution in [-0.2, 0) is 9.59 Å². The zero-order chi connectivity index (χ0) is 18.2. The summed E-state index contributed by atoms with van der Waals surface area (Å²) >= 11 is 0. The lowest BCUT2D eigenvalue weighted by molar-refractivity contribution is -0.137. The van der Waals surface area contributed by atoms with E-state index < -0.39 is 0 Å². The number of hydrazone groups is 1. The topological polar surface area (TPSA) is 53.0 Å². The molecule has 0 aliphatic carbocycles. The highest BCUT2D eigenvalue weighted by Crippen LogP contribution is 2.15. The van der Waals surface area contributed by atoms with Gasteiger partial charge in [0.25, 0.3) is 0 Å². The molecule has 2 rings (SSSR count). The molecule has 0 N–H and O–H groups in total. The van der Waals surface area contributed by atoms with Gasteiger partial charge in [-0.2, -0.15) is 5.10 Å². The molecule has 0 fully saturated rings. The molecule has 5 heteroatoms. The Bertz CT molecular complexity index is 613. The number of hydrogen-bond donors (Lipinski definition) is 0.